The standard InChI is InChI=1S/C13H15NO/c1-13(2,3)12-8-11(15)9-6-4-5-7-10(9)14-12/h4-8H,1-3H3,(H,14,15). The fourth-order valence-corrected chi connectivity index (χ4v) is 1.60. The lowest BCUT2D eigenvalue weighted by Crippen LogP contribution is -2.17. The Kier molecular flexibility index (Phi) is 2.14. The van der Waals surface area contributed by atoms with E-state index in [9.17, 15) is 4.79 Å². The van der Waals surface area contributed by atoms with Crippen LogP contribution in [0.25, 0.3) is 10.9 Å². The molecule has 0 spiro atoms. The molecule has 1 aromatic carbocycles. The number of benzene rings is 1. The van der Waals surface area contributed by atoms with E-state index in [0.717, 1.165) is 16.6 Å². The summed E-state index contributed by atoms with van der Waals surface area (Å²) in [6, 6.07) is 9.30. The second kappa shape index (κ2) is 3.23. The van der Waals surface area contributed by atoms with Crippen molar-refractivity contribution in [2.24, 2.45) is 0 Å². The van der Waals surface area contributed by atoms with Gasteiger partial charge in [-0.05, 0) is 12.1 Å². The van der Waals surface area contributed by atoms with E-state index in [2.05, 4.69) is 25.8 Å². The van der Waals surface area contributed by atoms with E-state index >= 15 is 0 Å². The van der Waals surface area contributed by atoms with E-state index in [4.69, 9.17) is 0 Å². The molecule has 1 aromatic heterocycles. The molecule has 0 amide bonds. The number of aromatic nitrogens is 1. The Balaban J connectivity index is 2.79. The molecule has 2 aromatic rings. The Morgan fingerprint density at radius 3 is 2.47 bits per heavy atom. The van der Waals surface area contributed by atoms with Crippen LogP contribution in [0, 0.1) is 0 Å². The van der Waals surface area contributed by atoms with Crippen molar-refractivity contribution in [3.63, 3.8) is 0 Å². The molecule has 0 aliphatic carbocycles. The van der Waals surface area contributed by atoms with Gasteiger partial charge >= 0.3 is 0 Å². The number of hydrogen-bond donors (Lipinski definition) is 1. The zero-order valence-corrected chi connectivity index (χ0v) is 9.29. The lowest BCUT2D eigenvalue weighted by Gasteiger charge is -2.18. The zero-order chi connectivity index (χ0) is 11.1. The molecule has 0 bridgehead atoms. The SMILES string of the molecule is CC(C)(C)c1cc(=O)c2ccccc2[nH]1. The van der Waals surface area contributed by atoms with Gasteiger partial charge in [0, 0.05) is 28.1 Å². The summed E-state index contributed by atoms with van der Waals surface area (Å²) in [5.74, 6) is 0. The van der Waals surface area contributed by atoms with Crippen LogP contribution < -0.4 is 5.43 Å². The molecule has 15 heavy (non-hydrogen) atoms. The summed E-state index contributed by atoms with van der Waals surface area (Å²) in [6.45, 7) is 6.27. The molecule has 0 saturated heterocycles. The van der Waals surface area contributed by atoms with E-state index in [-0.39, 0.29) is 10.8 Å². The van der Waals surface area contributed by atoms with Crippen molar-refractivity contribution in [2.45, 2.75) is 26.2 Å². The van der Waals surface area contributed by atoms with Crippen LogP contribution in [-0.4, -0.2) is 4.98 Å². The Morgan fingerprint density at radius 1 is 1.13 bits per heavy atom. The van der Waals surface area contributed by atoms with Gasteiger partial charge < -0.3 is 4.98 Å². The van der Waals surface area contributed by atoms with Gasteiger partial charge in [0.1, 0.15) is 0 Å². The molecule has 0 aliphatic heterocycles. The Morgan fingerprint density at radius 2 is 1.80 bits per heavy atom. The minimum atomic E-state index is -0.0246. The Hall–Kier alpha value is -1.57. The largest absolute Gasteiger partial charge is 0.358 e. The highest BCUT2D eigenvalue weighted by molar-refractivity contribution is 5.78. The molecule has 2 rings (SSSR count). The van der Waals surface area contributed by atoms with Crippen LogP contribution in [0.2, 0.25) is 0 Å². The van der Waals surface area contributed by atoms with Crippen LogP contribution >= 0.6 is 0 Å². The summed E-state index contributed by atoms with van der Waals surface area (Å²) in [4.78, 5) is 15.1. The first kappa shape index (κ1) is 9.97. The molecule has 0 atom stereocenters. The normalized spacial score (nSPS) is 11.9. The summed E-state index contributed by atoms with van der Waals surface area (Å²) in [6.07, 6.45) is 0. The molecule has 78 valence electrons. The van der Waals surface area contributed by atoms with Crippen molar-refractivity contribution in [1.82, 2.24) is 4.98 Å². The number of pyridine rings is 1. The molecule has 0 saturated carbocycles. The van der Waals surface area contributed by atoms with Gasteiger partial charge in [0.15, 0.2) is 5.43 Å². The number of hydrogen-bond acceptors (Lipinski definition) is 1. The van der Waals surface area contributed by atoms with Gasteiger partial charge in [0.2, 0.25) is 0 Å². The quantitative estimate of drug-likeness (QED) is 0.698. The van der Waals surface area contributed by atoms with Crippen LogP contribution in [0.1, 0.15) is 26.5 Å². The second-order valence-electron chi connectivity index (χ2n) is 4.84. The second-order valence-corrected chi connectivity index (χ2v) is 4.84. The number of rotatable bonds is 0. The number of nitrogens with one attached hydrogen (secondary N) is 1. The van der Waals surface area contributed by atoms with Crippen LogP contribution in [0.4, 0.5) is 0 Å². The summed E-state index contributed by atoms with van der Waals surface area (Å²) >= 11 is 0. The molecule has 1 N–H and O–H groups in total. The molecule has 2 nitrogen and oxygen atoms in total. The highest BCUT2D eigenvalue weighted by Crippen LogP contribution is 2.20. The van der Waals surface area contributed by atoms with Gasteiger partial charge in [-0.25, -0.2) is 0 Å². The molecule has 0 unspecified atom stereocenters. The fourth-order valence-electron chi connectivity index (χ4n) is 1.60. The van der Waals surface area contributed by atoms with Gasteiger partial charge in [0.05, 0.1) is 0 Å². The van der Waals surface area contributed by atoms with Crippen LogP contribution in [-0.2, 0) is 5.41 Å². The minimum absolute atomic E-state index is 0.0246. The van der Waals surface area contributed by atoms with Gasteiger partial charge in [-0.1, -0.05) is 32.9 Å². The highest BCUT2D eigenvalue weighted by atomic mass is 16.1. The Labute approximate surface area is 89.0 Å². The molecule has 0 aliphatic rings. The average Bonchev–Trinajstić information content (AvgIpc) is 2.16. The first-order valence-electron chi connectivity index (χ1n) is 5.11. The summed E-state index contributed by atoms with van der Waals surface area (Å²) < 4.78 is 0. The maximum Gasteiger partial charge on any atom is 0.189 e. The third-order valence-electron chi connectivity index (χ3n) is 2.55. The van der Waals surface area contributed by atoms with Gasteiger partial charge in [0.25, 0.3) is 0 Å². The van der Waals surface area contributed by atoms with Crippen molar-refractivity contribution >= 4 is 10.9 Å². The topological polar surface area (TPSA) is 32.9 Å². The molecule has 2 heteroatoms. The van der Waals surface area contributed by atoms with E-state index < -0.39 is 0 Å². The van der Waals surface area contributed by atoms with Crippen molar-refractivity contribution in [1.29, 1.82) is 0 Å². The predicted octanol–water partition coefficient (Wildman–Crippen LogP) is 2.83. The smallest absolute Gasteiger partial charge is 0.189 e. The van der Waals surface area contributed by atoms with Gasteiger partial charge in [-0.15, -0.1) is 0 Å². The van der Waals surface area contributed by atoms with Gasteiger partial charge in [-0.3, -0.25) is 4.79 Å². The molecular weight excluding hydrogens is 186 g/mol. The third-order valence-corrected chi connectivity index (χ3v) is 2.55. The lowest BCUT2D eigenvalue weighted by molar-refractivity contribution is 0.571. The van der Waals surface area contributed by atoms with Crippen LogP contribution in [0.3, 0.4) is 0 Å². The lowest BCUT2D eigenvalue weighted by atomic mass is 9.91. The monoisotopic (exact) mass is 201 g/mol. The first-order valence-corrected chi connectivity index (χ1v) is 5.11. The number of H-pyrrole nitrogens is 1. The van der Waals surface area contributed by atoms with Gasteiger partial charge in [-0.2, -0.15) is 0 Å². The molecule has 0 radical (unpaired) electrons. The van der Waals surface area contributed by atoms with Crippen LogP contribution in [0.5, 0.6) is 0 Å². The molecule has 0 fully saturated rings. The molecule has 1 heterocycles. The van der Waals surface area contributed by atoms with Crippen molar-refractivity contribution in [2.75, 3.05) is 0 Å². The number of aromatic amines is 1. The van der Waals surface area contributed by atoms with E-state index in [0.29, 0.717) is 0 Å². The first-order chi connectivity index (χ1) is 6.98. The molecular formula is C13H15NO. The number of para-hydroxylation sites is 1. The minimum Gasteiger partial charge on any atom is -0.358 e. The van der Waals surface area contributed by atoms with E-state index in [1.807, 2.05) is 24.3 Å². The van der Waals surface area contributed by atoms with Crippen molar-refractivity contribution in [3.8, 4) is 0 Å². The number of fused-ring (bicyclic) bond motifs is 1. The van der Waals surface area contributed by atoms with E-state index in [1.54, 1.807) is 6.07 Å². The fraction of sp³-hybridized carbons (Fsp3) is 0.308. The summed E-state index contributed by atoms with van der Waals surface area (Å²) in [7, 11) is 0. The van der Waals surface area contributed by atoms with Crippen molar-refractivity contribution < 1.29 is 0 Å². The zero-order valence-electron chi connectivity index (χ0n) is 9.29. The third kappa shape index (κ3) is 1.80. The maximum atomic E-state index is 11.8. The maximum absolute atomic E-state index is 11.8. The summed E-state index contributed by atoms with van der Waals surface area (Å²) in [5, 5.41) is 0.755. The Bertz CT molecular complexity index is 546. The average molecular weight is 201 g/mol. The van der Waals surface area contributed by atoms with Crippen molar-refractivity contribution in [3.05, 3.63) is 46.2 Å². The predicted molar refractivity (Wildman–Crippen MR) is 63.3 cm³/mol. The summed E-state index contributed by atoms with van der Waals surface area (Å²) in [5.41, 5.74) is 1.96. The van der Waals surface area contributed by atoms with E-state index in [1.165, 1.54) is 0 Å². The highest BCUT2D eigenvalue weighted by Gasteiger charge is 2.15. The van der Waals surface area contributed by atoms with Crippen LogP contribution in [0.15, 0.2) is 35.1 Å².